The topological polar surface area (TPSA) is 72.7 Å². The molecule has 2 rings (SSSR count). The van der Waals surface area contributed by atoms with Crippen molar-refractivity contribution < 1.29 is 14.5 Å². The van der Waals surface area contributed by atoms with Gasteiger partial charge in [0.05, 0.1) is 18.1 Å². The van der Waals surface area contributed by atoms with Crippen LogP contribution in [0.2, 0.25) is 0 Å². The van der Waals surface area contributed by atoms with Crippen molar-refractivity contribution in [2.45, 2.75) is 18.9 Å². The third-order valence-corrected chi connectivity index (χ3v) is 3.37. The molecule has 0 aliphatic heterocycles. The number of benzene rings is 1. The zero-order chi connectivity index (χ0) is 14.5. The summed E-state index contributed by atoms with van der Waals surface area (Å²) in [6, 6.07) is 6.34. The number of nitrogens with zero attached hydrogens (tertiary/aromatic N) is 2. The van der Waals surface area contributed by atoms with E-state index >= 15 is 0 Å². The fourth-order valence-electron chi connectivity index (χ4n) is 2.11. The Morgan fingerprint density at radius 3 is 2.85 bits per heavy atom. The second-order valence-electron chi connectivity index (χ2n) is 4.93. The summed E-state index contributed by atoms with van der Waals surface area (Å²) in [5.74, 6) is -0.0864. The molecule has 0 saturated heterocycles. The minimum absolute atomic E-state index is 0.0503. The van der Waals surface area contributed by atoms with Crippen molar-refractivity contribution in [1.29, 1.82) is 0 Å². The van der Waals surface area contributed by atoms with Crippen LogP contribution >= 0.6 is 0 Å². The van der Waals surface area contributed by atoms with Crippen molar-refractivity contribution in [2.75, 3.05) is 26.8 Å². The van der Waals surface area contributed by atoms with Crippen LogP contribution in [-0.2, 0) is 4.74 Å². The van der Waals surface area contributed by atoms with Crippen molar-refractivity contribution in [3.63, 3.8) is 0 Å². The van der Waals surface area contributed by atoms with Gasteiger partial charge in [-0.1, -0.05) is 12.1 Å². The number of Topliss-reactive ketones (excluding diaryl/α,β-unsaturated/α-hetero) is 1. The van der Waals surface area contributed by atoms with Crippen LogP contribution in [0.25, 0.3) is 0 Å². The van der Waals surface area contributed by atoms with E-state index in [4.69, 9.17) is 4.74 Å². The first-order valence-electron chi connectivity index (χ1n) is 6.62. The highest BCUT2D eigenvalue weighted by Crippen LogP contribution is 2.26. The maximum Gasteiger partial charge on any atom is 0.270 e. The molecule has 108 valence electrons. The van der Waals surface area contributed by atoms with Crippen LogP contribution in [0.15, 0.2) is 24.3 Å². The highest BCUT2D eigenvalue weighted by molar-refractivity contribution is 5.98. The molecule has 1 aliphatic rings. The number of nitro groups is 1. The summed E-state index contributed by atoms with van der Waals surface area (Å²) >= 11 is 0. The van der Waals surface area contributed by atoms with Gasteiger partial charge < -0.3 is 4.74 Å². The number of hydrogen-bond donors (Lipinski definition) is 0. The van der Waals surface area contributed by atoms with Gasteiger partial charge in [-0.2, -0.15) is 0 Å². The molecule has 0 unspecified atom stereocenters. The number of carbonyl (C=O) groups excluding carboxylic acids is 1. The Balaban J connectivity index is 2.02. The van der Waals surface area contributed by atoms with Crippen molar-refractivity contribution in [2.24, 2.45) is 0 Å². The standard InChI is InChI=1S/C14H18N2O4/c1-20-8-7-15(12-5-6-12)10-14(17)11-3-2-4-13(9-11)16(18)19/h2-4,9,12H,5-8,10H2,1H3. The summed E-state index contributed by atoms with van der Waals surface area (Å²) in [5, 5.41) is 10.7. The molecular formula is C14H18N2O4. The molecule has 20 heavy (non-hydrogen) atoms. The third kappa shape index (κ3) is 3.85. The predicted octanol–water partition coefficient (Wildman–Crippen LogP) is 1.89. The second-order valence-corrected chi connectivity index (χ2v) is 4.93. The van der Waals surface area contributed by atoms with Crippen molar-refractivity contribution in [1.82, 2.24) is 4.90 Å². The lowest BCUT2D eigenvalue weighted by Gasteiger charge is -2.20. The van der Waals surface area contributed by atoms with Gasteiger partial charge >= 0.3 is 0 Å². The Labute approximate surface area is 117 Å². The largest absolute Gasteiger partial charge is 0.383 e. The number of ether oxygens (including phenoxy) is 1. The summed E-state index contributed by atoms with van der Waals surface area (Å²) < 4.78 is 5.05. The molecule has 1 saturated carbocycles. The maximum absolute atomic E-state index is 12.2. The second kappa shape index (κ2) is 6.58. The Bertz CT molecular complexity index is 500. The number of hydrogen-bond acceptors (Lipinski definition) is 5. The van der Waals surface area contributed by atoms with Gasteiger partial charge in [0.15, 0.2) is 5.78 Å². The monoisotopic (exact) mass is 278 g/mol. The highest BCUT2D eigenvalue weighted by atomic mass is 16.6. The smallest absolute Gasteiger partial charge is 0.270 e. The van der Waals surface area contributed by atoms with E-state index in [0.717, 1.165) is 12.8 Å². The van der Waals surface area contributed by atoms with Crippen LogP contribution in [0.4, 0.5) is 5.69 Å². The van der Waals surface area contributed by atoms with E-state index in [0.29, 0.717) is 24.8 Å². The maximum atomic E-state index is 12.2. The molecule has 1 aromatic rings. The minimum Gasteiger partial charge on any atom is -0.383 e. The molecule has 1 aliphatic carbocycles. The van der Waals surface area contributed by atoms with Crippen LogP contribution in [0.5, 0.6) is 0 Å². The first-order valence-corrected chi connectivity index (χ1v) is 6.62. The van der Waals surface area contributed by atoms with Crippen LogP contribution in [0, 0.1) is 10.1 Å². The van der Waals surface area contributed by atoms with E-state index < -0.39 is 4.92 Å². The summed E-state index contributed by atoms with van der Waals surface area (Å²) in [6.07, 6.45) is 2.21. The molecule has 0 N–H and O–H groups in total. The van der Waals surface area contributed by atoms with Gasteiger partial charge in [-0.15, -0.1) is 0 Å². The Hall–Kier alpha value is -1.79. The summed E-state index contributed by atoms with van der Waals surface area (Å²) in [5.41, 5.74) is 0.341. The minimum atomic E-state index is -0.486. The Morgan fingerprint density at radius 2 is 2.25 bits per heavy atom. The number of nitro benzene ring substituents is 1. The number of non-ortho nitro benzene ring substituents is 1. The zero-order valence-corrected chi connectivity index (χ0v) is 11.4. The lowest BCUT2D eigenvalue weighted by atomic mass is 10.1. The highest BCUT2D eigenvalue weighted by Gasteiger charge is 2.30. The predicted molar refractivity (Wildman–Crippen MR) is 73.9 cm³/mol. The molecule has 0 radical (unpaired) electrons. The molecule has 6 heteroatoms. The van der Waals surface area contributed by atoms with Crippen molar-refractivity contribution in [3.05, 3.63) is 39.9 Å². The Morgan fingerprint density at radius 1 is 1.50 bits per heavy atom. The van der Waals surface area contributed by atoms with Crippen LogP contribution in [0.3, 0.4) is 0 Å². The van der Waals surface area contributed by atoms with Gasteiger partial charge in [-0.3, -0.25) is 19.8 Å². The van der Waals surface area contributed by atoms with Crippen molar-refractivity contribution >= 4 is 11.5 Å². The molecule has 0 bridgehead atoms. The van der Waals surface area contributed by atoms with Crippen LogP contribution < -0.4 is 0 Å². The lowest BCUT2D eigenvalue weighted by molar-refractivity contribution is -0.384. The van der Waals surface area contributed by atoms with Gasteiger partial charge in [-0.05, 0) is 12.8 Å². The normalized spacial score (nSPS) is 14.5. The molecule has 1 fully saturated rings. The zero-order valence-electron chi connectivity index (χ0n) is 11.4. The number of ketones is 1. The SMILES string of the molecule is COCCN(CC(=O)c1cccc([N+](=O)[O-])c1)C1CC1. The third-order valence-electron chi connectivity index (χ3n) is 3.37. The van der Waals surface area contributed by atoms with E-state index in [-0.39, 0.29) is 18.0 Å². The van der Waals surface area contributed by atoms with E-state index in [9.17, 15) is 14.9 Å². The van der Waals surface area contributed by atoms with Gasteiger partial charge in [0.2, 0.25) is 0 Å². The molecule has 0 atom stereocenters. The van der Waals surface area contributed by atoms with Gasteiger partial charge in [-0.25, -0.2) is 0 Å². The van der Waals surface area contributed by atoms with E-state index in [1.165, 1.54) is 12.1 Å². The molecule has 0 spiro atoms. The van der Waals surface area contributed by atoms with Gasteiger partial charge in [0, 0.05) is 37.4 Å². The van der Waals surface area contributed by atoms with Crippen LogP contribution in [0.1, 0.15) is 23.2 Å². The quantitative estimate of drug-likeness (QED) is 0.412. The number of methoxy groups -OCH3 is 1. The first-order chi connectivity index (χ1) is 9.61. The van der Waals surface area contributed by atoms with Gasteiger partial charge in [0.25, 0.3) is 5.69 Å². The van der Waals surface area contributed by atoms with Crippen molar-refractivity contribution in [3.8, 4) is 0 Å². The average molecular weight is 278 g/mol. The van der Waals surface area contributed by atoms with Gasteiger partial charge in [0.1, 0.15) is 0 Å². The average Bonchev–Trinajstić information content (AvgIpc) is 3.27. The van der Waals surface area contributed by atoms with E-state index in [1.54, 1.807) is 19.2 Å². The first kappa shape index (κ1) is 14.6. The van der Waals surface area contributed by atoms with E-state index in [2.05, 4.69) is 4.90 Å². The van der Waals surface area contributed by atoms with E-state index in [1.807, 2.05) is 0 Å². The number of carbonyl (C=O) groups is 1. The summed E-state index contributed by atoms with van der Waals surface area (Å²) in [4.78, 5) is 24.5. The Kier molecular flexibility index (Phi) is 4.81. The molecule has 6 nitrogen and oxygen atoms in total. The molecule has 1 aromatic carbocycles. The molecule has 0 amide bonds. The number of rotatable bonds is 8. The van der Waals surface area contributed by atoms with Crippen LogP contribution in [-0.4, -0.2) is 48.5 Å². The summed E-state index contributed by atoms with van der Waals surface area (Å²) in [7, 11) is 1.63. The summed E-state index contributed by atoms with van der Waals surface area (Å²) in [6.45, 7) is 1.58. The fourth-order valence-corrected chi connectivity index (χ4v) is 2.11. The molecular weight excluding hydrogens is 260 g/mol. The molecule has 0 heterocycles. The lowest BCUT2D eigenvalue weighted by Crippen LogP contribution is -2.34. The molecule has 0 aromatic heterocycles. The fraction of sp³-hybridized carbons (Fsp3) is 0.500.